The Balaban J connectivity index is 2.15. The van der Waals surface area contributed by atoms with Gasteiger partial charge in [-0.2, -0.15) is 0 Å². The molecule has 2 N–H and O–H groups in total. The van der Waals surface area contributed by atoms with Crippen molar-refractivity contribution < 1.29 is 4.79 Å². The molecule has 2 rings (SSSR count). The lowest BCUT2D eigenvalue weighted by molar-refractivity contribution is 0.0785. The molecule has 1 aliphatic rings. The Morgan fingerprint density at radius 2 is 2.33 bits per heavy atom. The molecule has 3 nitrogen and oxygen atoms in total. The molecule has 18 heavy (non-hydrogen) atoms. The summed E-state index contributed by atoms with van der Waals surface area (Å²) >= 11 is 9.33. The number of hydrogen-bond donors (Lipinski definition) is 1. The summed E-state index contributed by atoms with van der Waals surface area (Å²) in [6.07, 6.45) is 0.974. The maximum absolute atomic E-state index is 12.4. The highest BCUT2D eigenvalue weighted by atomic mass is 79.9. The zero-order valence-electron chi connectivity index (χ0n) is 10.2. The Morgan fingerprint density at radius 3 is 2.94 bits per heavy atom. The summed E-state index contributed by atoms with van der Waals surface area (Å²) in [5, 5.41) is 0.574. The first-order valence-electron chi connectivity index (χ1n) is 5.99. The fraction of sp³-hybridized carbons (Fsp3) is 0.462. The van der Waals surface area contributed by atoms with Gasteiger partial charge in [-0.1, -0.05) is 11.6 Å². The highest BCUT2D eigenvalue weighted by molar-refractivity contribution is 9.10. The topological polar surface area (TPSA) is 46.3 Å². The Labute approximate surface area is 120 Å². The fourth-order valence-electron chi connectivity index (χ4n) is 2.23. The third-order valence-electron chi connectivity index (χ3n) is 3.41. The first-order chi connectivity index (χ1) is 8.49. The van der Waals surface area contributed by atoms with E-state index in [0.29, 0.717) is 16.5 Å². The van der Waals surface area contributed by atoms with Gasteiger partial charge in [-0.25, -0.2) is 0 Å². The van der Waals surface area contributed by atoms with Crippen LogP contribution < -0.4 is 5.73 Å². The summed E-state index contributed by atoms with van der Waals surface area (Å²) in [4.78, 5) is 14.2. The van der Waals surface area contributed by atoms with Crippen LogP contribution in [0.1, 0.15) is 23.7 Å². The van der Waals surface area contributed by atoms with Crippen molar-refractivity contribution in [3.63, 3.8) is 0 Å². The van der Waals surface area contributed by atoms with Crippen molar-refractivity contribution in [2.24, 2.45) is 11.7 Å². The molecule has 1 saturated heterocycles. The van der Waals surface area contributed by atoms with E-state index in [1.807, 2.05) is 11.8 Å². The molecule has 2 unspecified atom stereocenters. The fourth-order valence-corrected chi connectivity index (χ4v) is 2.82. The van der Waals surface area contributed by atoms with E-state index in [4.69, 9.17) is 17.3 Å². The molecule has 0 radical (unpaired) electrons. The lowest BCUT2D eigenvalue weighted by Gasteiger charge is -2.19. The molecule has 1 aromatic rings. The van der Waals surface area contributed by atoms with E-state index in [1.54, 1.807) is 18.2 Å². The maximum Gasteiger partial charge on any atom is 0.255 e. The van der Waals surface area contributed by atoms with E-state index >= 15 is 0 Å². The van der Waals surface area contributed by atoms with Crippen molar-refractivity contribution in [3.05, 3.63) is 33.3 Å². The third kappa shape index (κ3) is 2.87. The van der Waals surface area contributed by atoms with E-state index < -0.39 is 0 Å². The average Bonchev–Trinajstić information content (AvgIpc) is 2.81. The van der Waals surface area contributed by atoms with Crippen molar-refractivity contribution in [1.29, 1.82) is 0 Å². The van der Waals surface area contributed by atoms with E-state index in [9.17, 15) is 4.79 Å². The number of rotatable bonds is 2. The minimum atomic E-state index is 0.0209. The molecule has 1 aliphatic heterocycles. The maximum atomic E-state index is 12.4. The van der Waals surface area contributed by atoms with Crippen molar-refractivity contribution in [2.75, 3.05) is 13.1 Å². The summed E-state index contributed by atoms with van der Waals surface area (Å²) in [6.45, 7) is 3.49. The second kappa shape index (κ2) is 5.59. The van der Waals surface area contributed by atoms with Crippen molar-refractivity contribution in [2.45, 2.75) is 19.4 Å². The van der Waals surface area contributed by atoms with E-state index in [2.05, 4.69) is 15.9 Å². The van der Waals surface area contributed by atoms with Crippen LogP contribution in [-0.2, 0) is 0 Å². The summed E-state index contributed by atoms with van der Waals surface area (Å²) in [7, 11) is 0. The summed E-state index contributed by atoms with van der Waals surface area (Å²) in [5.41, 5.74) is 6.50. The molecule has 1 heterocycles. The van der Waals surface area contributed by atoms with E-state index in [1.165, 1.54) is 0 Å². The molecule has 5 heteroatoms. The van der Waals surface area contributed by atoms with Gasteiger partial charge in [0.15, 0.2) is 0 Å². The highest BCUT2D eigenvalue weighted by Gasteiger charge is 2.29. The summed E-state index contributed by atoms with van der Waals surface area (Å²) in [5.74, 6) is 0.416. The van der Waals surface area contributed by atoms with Crippen LogP contribution >= 0.6 is 27.5 Å². The van der Waals surface area contributed by atoms with Crippen LogP contribution in [0.2, 0.25) is 5.02 Å². The number of amides is 1. The van der Waals surface area contributed by atoms with Crippen LogP contribution in [-0.4, -0.2) is 29.9 Å². The first-order valence-corrected chi connectivity index (χ1v) is 7.16. The normalized spacial score (nSPS) is 21.1. The highest BCUT2D eigenvalue weighted by Crippen LogP contribution is 2.26. The van der Waals surface area contributed by atoms with Crippen molar-refractivity contribution in [1.82, 2.24) is 4.90 Å². The van der Waals surface area contributed by atoms with Crippen LogP contribution in [0.4, 0.5) is 0 Å². The zero-order chi connectivity index (χ0) is 13.3. The van der Waals surface area contributed by atoms with Crippen molar-refractivity contribution in [3.8, 4) is 0 Å². The molecule has 0 aromatic heterocycles. The van der Waals surface area contributed by atoms with Gasteiger partial charge in [0.05, 0.1) is 5.56 Å². The Hall–Kier alpha value is -0.580. The molecular weight excluding hydrogens is 316 g/mol. The lowest BCUT2D eigenvalue weighted by atomic mass is 10.0. The van der Waals surface area contributed by atoms with Gasteiger partial charge in [0.25, 0.3) is 5.91 Å². The first kappa shape index (κ1) is 13.8. The second-order valence-electron chi connectivity index (χ2n) is 4.78. The van der Waals surface area contributed by atoms with Gasteiger partial charge in [0.1, 0.15) is 0 Å². The number of halogens is 2. The largest absolute Gasteiger partial charge is 0.338 e. The number of benzene rings is 1. The molecule has 0 saturated carbocycles. The zero-order valence-corrected chi connectivity index (χ0v) is 12.5. The molecule has 1 amide bonds. The second-order valence-corrected chi connectivity index (χ2v) is 6.07. The standard InChI is InChI=1S/C13H16BrClN2O/c1-8(16)9-4-5-17(7-9)13(18)11-6-10(15)2-3-12(11)14/h2-3,6,8-9H,4-5,7,16H2,1H3. The molecule has 98 valence electrons. The molecule has 0 bridgehead atoms. The predicted molar refractivity (Wildman–Crippen MR) is 76.8 cm³/mol. The van der Waals surface area contributed by atoms with Gasteiger partial charge in [-0.15, -0.1) is 0 Å². The van der Waals surface area contributed by atoms with Crippen LogP contribution in [0, 0.1) is 5.92 Å². The SMILES string of the molecule is CC(N)C1CCN(C(=O)c2cc(Cl)ccc2Br)C1. The molecule has 1 aromatic carbocycles. The van der Waals surface area contributed by atoms with E-state index in [0.717, 1.165) is 24.0 Å². The van der Waals surface area contributed by atoms with Crippen LogP contribution in [0.15, 0.2) is 22.7 Å². The monoisotopic (exact) mass is 330 g/mol. The van der Waals surface area contributed by atoms with Gasteiger partial charge in [-0.05, 0) is 53.4 Å². The smallest absolute Gasteiger partial charge is 0.255 e. The quantitative estimate of drug-likeness (QED) is 0.905. The number of nitrogens with two attached hydrogens (primary N) is 1. The van der Waals surface area contributed by atoms with Crippen LogP contribution in [0.25, 0.3) is 0 Å². The lowest BCUT2D eigenvalue weighted by Crippen LogP contribution is -2.33. The summed E-state index contributed by atoms with van der Waals surface area (Å²) < 4.78 is 0.779. The Morgan fingerprint density at radius 1 is 1.61 bits per heavy atom. The predicted octanol–water partition coefficient (Wildman–Crippen LogP) is 2.91. The van der Waals surface area contributed by atoms with E-state index in [-0.39, 0.29) is 11.9 Å². The minimum Gasteiger partial charge on any atom is -0.338 e. The number of carbonyl (C=O) groups is 1. The Kier molecular flexibility index (Phi) is 4.30. The molecule has 2 atom stereocenters. The van der Waals surface area contributed by atoms with Gasteiger partial charge >= 0.3 is 0 Å². The molecule has 0 spiro atoms. The molecular formula is C13H16BrClN2O. The number of likely N-dealkylation sites (tertiary alicyclic amines) is 1. The average molecular weight is 332 g/mol. The van der Waals surface area contributed by atoms with Gasteiger partial charge in [0.2, 0.25) is 0 Å². The number of hydrogen-bond acceptors (Lipinski definition) is 2. The third-order valence-corrected chi connectivity index (χ3v) is 4.34. The number of carbonyl (C=O) groups excluding carboxylic acids is 1. The minimum absolute atomic E-state index is 0.0209. The van der Waals surface area contributed by atoms with Gasteiger partial charge < -0.3 is 10.6 Å². The van der Waals surface area contributed by atoms with Gasteiger partial charge in [-0.3, -0.25) is 4.79 Å². The van der Waals surface area contributed by atoms with Gasteiger partial charge in [0, 0.05) is 28.6 Å². The van der Waals surface area contributed by atoms with Crippen molar-refractivity contribution >= 4 is 33.4 Å². The number of nitrogens with zero attached hydrogens (tertiary/aromatic N) is 1. The van der Waals surface area contributed by atoms with Crippen LogP contribution in [0.3, 0.4) is 0 Å². The van der Waals surface area contributed by atoms with Crippen LogP contribution in [0.5, 0.6) is 0 Å². The Bertz CT molecular complexity index is 464. The molecule has 0 aliphatic carbocycles. The molecule has 1 fully saturated rings. The summed E-state index contributed by atoms with van der Waals surface area (Å²) in [6, 6.07) is 5.39.